The highest BCUT2D eigenvalue weighted by Crippen LogP contribution is 2.24. The van der Waals surface area contributed by atoms with Crippen LogP contribution in [0, 0.1) is 0 Å². The summed E-state index contributed by atoms with van der Waals surface area (Å²) in [5.41, 5.74) is 8.95. The first kappa shape index (κ1) is 15.5. The van der Waals surface area contributed by atoms with Crippen molar-refractivity contribution in [1.82, 2.24) is 0 Å². The van der Waals surface area contributed by atoms with Crippen LogP contribution in [0.2, 0.25) is 0 Å². The third kappa shape index (κ3) is 5.01. The molecule has 0 aliphatic rings. The van der Waals surface area contributed by atoms with Crippen molar-refractivity contribution < 1.29 is 4.74 Å². The number of benzene rings is 1. The minimum absolute atomic E-state index is 0.112. The number of hydrogen-bond donors (Lipinski definition) is 1. The predicted molar refractivity (Wildman–Crippen MR) is 81.3 cm³/mol. The van der Waals surface area contributed by atoms with E-state index in [-0.39, 0.29) is 11.5 Å². The molecule has 0 fully saturated rings. The molecule has 3 heteroatoms. The van der Waals surface area contributed by atoms with Crippen LogP contribution in [0.1, 0.15) is 37.9 Å². The summed E-state index contributed by atoms with van der Waals surface area (Å²) in [4.78, 5) is 0. The highest BCUT2D eigenvalue weighted by molar-refractivity contribution is 7.99. The number of methoxy groups -OCH3 is 1. The molecule has 0 bridgehead atoms. The summed E-state index contributed by atoms with van der Waals surface area (Å²) in [6.45, 7) is 7.47. The molecule has 0 aliphatic heterocycles. The van der Waals surface area contributed by atoms with E-state index in [1.165, 1.54) is 11.1 Å². The Labute approximate surface area is 115 Å². The smallest absolute Gasteiger partial charge is 0.0552 e. The quantitative estimate of drug-likeness (QED) is 0.803. The maximum Gasteiger partial charge on any atom is 0.0552 e. The third-order valence-corrected chi connectivity index (χ3v) is 3.98. The molecule has 0 amide bonds. The molecule has 0 saturated heterocycles. The lowest BCUT2D eigenvalue weighted by Gasteiger charge is -2.20. The molecule has 2 nitrogen and oxygen atoms in total. The van der Waals surface area contributed by atoms with Gasteiger partial charge in [-0.25, -0.2) is 0 Å². The fourth-order valence-corrected chi connectivity index (χ4v) is 2.58. The number of thioether (sulfide) groups is 1. The standard InChI is InChI=1S/C15H25NOS/c1-15(2,3)13-7-5-12(6-8-13)14(16)11-18-10-9-17-4/h5-8,14H,9-11,16H2,1-4H3. The molecule has 2 N–H and O–H groups in total. The molecule has 1 aromatic rings. The van der Waals surface area contributed by atoms with E-state index >= 15 is 0 Å². The van der Waals surface area contributed by atoms with Gasteiger partial charge in [-0.05, 0) is 16.5 Å². The number of hydrogen-bond acceptors (Lipinski definition) is 3. The molecular weight excluding hydrogens is 242 g/mol. The van der Waals surface area contributed by atoms with Gasteiger partial charge in [0.25, 0.3) is 0 Å². The maximum atomic E-state index is 6.17. The van der Waals surface area contributed by atoms with Crippen molar-refractivity contribution in [1.29, 1.82) is 0 Å². The Hall–Kier alpha value is -0.510. The first-order chi connectivity index (χ1) is 8.45. The minimum atomic E-state index is 0.112. The van der Waals surface area contributed by atoms with Gasteiger partial charge in [0.2, 0.25) is 0 Å². The van der Waals surface area contributed by atoms with Gasteiger partial charge >= 0.3 is 0 Å². The Bertz CT molecular complexity index is 343. The van der Waals surface area contributed by atoms with Gasteiger partial charge in [0.15, 0.2) is 0 Å². The predicted octanol–water partition coefficient (Wildman–Crippen LogP) is 3.36. The monoisotopic (exact) mass is 267 g/mol. The van der Waals surface area contributed by atoms with Crippen molar-refractivity contribution in [2.24, 2.45) is 5.73 Å². The SMILES string of the molecule is COCCSCC(N)c1ccc(C(C)(C)C)cc1. The highest BCUT2D eigenvalue weighted by atomic mass is 32.2. The summed E-state index contributed by atoms with van der Waals surface area (Å²) in [6.07, 6.45) is 0. The van der Waals surface area contributed by atoms with Crippen molar-refractivity contribution >= 4 is 11.8 Å². The number of rotatable bonds is 6. The lowest BCUT2D eigenvalue weighted by Crippen LogP contribution is -2.15. The summed E-state index contributed by atoms with van der Waals surface area (Å²) >= 11 is 1.84. The van der Waals surface area contributed by atoms with Gasteiger partial charge < -0.3 is 10.5 Å². The van der Waals surface area contributed by atoms with Crippen molar-refractivity contribution in [2.45, 2.75) is 32.2 Å². The van der Waals surface area contributed by atoms with Crippen LogP contribution in [0.15, 0.2) is 24.3 Å². The summed E-state index contributed by atoms with van der Waals surface area (Å²) < 4.78 is 5.02. The van der Waals surface area contributed by atoms with Gasteiger partial charge in [0.05, 0.1) is 6.61 Å². The molecular formula is C15H25NOS. The second kappa shape index (κ2) is 7.17. The Morgan fingerprint density at radius 3 is 2.33 bits per heavy atom. The molecule has 0 heterocycles. The Morgan fingerprint density at radius 2 is 1.83 bits per heavy atom. The van der Waals surface area contributed by atoms with E-state index in [2.05, 4.69) is 45.0 Å². The maximum absolute atomic E-state index is 6.17. The van der Waals surface area contributed by atoms with E-state index in [0.717, 1.165) is 18.1 Å². The van der Waals surface area contributed by atoms with Gasteiger partial charge in [-0.1, -0.05) is 45.0 Å². The van der Waals surface area contributed by atoms with Crippen molar-refractivity contribution in [3.8, 4) is 0 Å². The normalized spacial score (nSPS) is 13.6. The Kier molecular flexibility index (Phi) is 6.19. The van der Waals surface area contributed by atoms with Crippen LogP contribution in [0.25, 0.3) is 0 Å². The zero-order valence-electron chi connectivity index (χ0n) is 11.9. The summed E-state index contributed by atoms with van der Waals surface area (Å²) in [5.74, 6) is 1.95. The van der Waals surface area contributed by atoms with Crippen LogP contribution >= 0.6 is 11.8 Å². The summed E-state index contributed by atoms with van der Waals surface area (Å²) in [7, 11) is 1.73. The van der Waals surface area contributed by atoms with Crippen molar-refractivity contribution in [2.75, 3.05) is 25.2 Å². The topological polar surface area (TPSA) is 35.2 Å². The third-order valence-electron chi connectivity index (χ3n) is 2.93. The zero-order valence-corrected chi connectivity index (χ0v) is 12.7. The largest absolute Gasteiger partial charge is 0.384 e. The molecule has 1 aromatic carbocycles. The fraction of sp³-hybridized carbons (Fsp3) is 0.600. The fourth-order valence-electron chi connectivity index (χ4n) is 1.68. The van der Waals surface area contributed by atoms with E-state index in [1.807, 2.05) is 11.8 Å². The molecule has 0 saturated carbocycles. The van der Waals surface area contributed by atoms with E-state index < -0.39 is 0 Å². The Balaban J connectivity index is 2.51. The first-order valence-electron chi connectivity index (χ1n) is 6.38. The van der Waals surface area contributed by atoms with Crippen molar-refractivity contribution in [3.63, 3.8) is 0 Å². The van der Waals surface area contributed by atoms with Crippen LogP contribution in [0.4, 0.5) is 0 Å². The molecule has 0 aromatic heterocycles. The molecule has 18 heavy (non-hydrogen) atoms. The van der Waals surface area contributed by atoms with Crippen LogP contribution < -0.4 is 5.73 Å². The molecule has 1 atom stereocenters. The lowest BCUT2D eigenvalue weighted by atomic mass is 9.86. The lowest BCUT2D eigenvalue weighted by molar-refractivity contribution is 0.218. The minimum Gasteiger partial charge on any atom is -0.384 e. The van der Waals surface area contributed by atoms with Crippen molar-refractivity contribution in [3.05, 3.63) is 35.4 Å². The van der Waals surface area contributed by atoms with E-state index in [9.17, 15) is 0 Å². The summed E-state index contributed by atoms with van der Waals surface area (Å²) in [6, 6.07) is 8.80. The number of nitrogens with two attached hydrogens (primary N) is 1. The van der Waals surface area contributed by atoms with Crippen LogP contribution in [-0.2, 0) is 10.2 Å². The van der Waals surface area contributed by atoms with Crippen LogP contribution in [-0.4, -0.2) is 25.2 Å². The van der Waals surface area contributed by atoms with Crippen LogP contribution in [0.3, 0.4) is 0 Å². The van der Waals surface area contributed by atoms with Gasteiger partial charge in [0, 0.05) is 24.7 Å². The van der Waals surface area contributed by atoms with Crippen LogP contribution in [0.5, 0.6) is 0 Å². The van der Waals surface area contributed by atoms with E-state index in [4.69, 9.17) is 10.5 Å². The van der Waals surface area contributed by atoms with Gasteiger partial charge in [0.1, 0.15) is 0 Å². The zero-order chi connectivity index (χ0) is 13.6. The van der Waals surface area contributed by atoms with Gasteiger partial charge in [-0.3, -0.25) is 0 Å². The molecule has 0 spiro atoms. The first-order valence-corrected chi connectivity index (χ1v) is 7.53. The van der Waals surface area contributed by atoms with E-state index in [1.54, 1.807) is 7.11 Å². The highest BCUT2D eigenvalue weighted by Gasteiger charge is 2.14. The average molecular weight is 267 g/mol. The van der Waals surface area contributed by atoms with Gasteiger partial charge in [-0.15, -0.1) is 0 Å². The second-order valence-corrected chi connectivity index (χ2v) is 6.70. The number of ether oxygens (including phenoxy) is 1. The molecule has 102 valence electrons. The molecule has 1 unspecified atom stereocenters. The molecule has 1 rings (SSSR count). The summed E-state index contributed by atoms with van der Waals surface area (Å²) in [5, 5.41) is 0. The van der Waals surface area contributed by atoms with E-state index in [0.29, 0.717) is 0 Å². The molecule has 0 radical (unpaired) electrons. The Morgan fingerprint density at radius 1 is 1.22 bits per heavy atom. The second-order valence-electron chi connectivity index (χ2n) is 5.55. The average Bonchev–Trinajstić information content (AvgIpc) is 2.33. The van der Waals surface area contributed by atoms with Gasteiger partial charge in [-0.2, -0.15) is 11.8 Å². The molecule has 0 aliphatic carbocycles.